The summed E-state index contributed by atoms with van der Waals surface area (Å²) >= 11 is 0. The van der Waals surface area contributed by atoms with Crippen molar-refractivity contribution in [1.82, 2.24) is 20.0 Å². The van der Waals surface area contributed by atoms with Gasteiger partial charge in [0.15, 0.2) is 0 Å². The van der Waals surface area contributed by atoms with Gasteiger partial charge in [0.1, 0.15) is 17.6 Å². The number of aliphatic hydroxyl groups excluding tert-OH is 1. The number of aliphatic hydroxyl groups is 1. The van der Waals surface area contributed by atoms with E-state index >= 15 is 0 Å². The van der Waals surface area contributed by atoms with Crippen molar-refractivity contribution >= 4 is 5.91 Å². The van der Waals surface area contributed by atoms with Crippen molar-refractivity contribution in [1.29, 1.82) is 0 Å². The summed E-state index contributed by atoms with van der Waals surface area (Å²) in [6.45, 7) is 8.12. The molecule has 9 nitrogen and oxygen atoms in total. The Morgan fingerprint density at radius 1 is 1.19 bits per heavy atom. The average Bonchev–Trinajstić information content (AvgIpc) is 3.50. The molecule has 190 valence electrons. The zero-order valence-electron chi connectivity index (χ0n) is 20.9. The maximum Gasteiger partial charge on any atom is 0.311 e. The Morgan fingerprint density at radius 3 is 2.64 bits per heavy atom. The van der Waals surface area contributed by atoms with Gasteiger partial charge in [0, 0.05) is 30.7 Å². The van der Waals surface area contributed by atoms with E-state index in [0.717, 1.165) is 48.7 Å². The molecule has 3 heterocycles. The molecular formula is C27H32N4O5. The molecule has 2 aliphatic heterocycles. The number of methoxy groups -OCH3 is 1. The third kappa shape index (κ3) is 5.08. The molecule has 2 fully saturated rings. The highest BCUT2D eigenvalue weighted by molar-refractivity contribution is 5.90. The molecule has 1 atom stereocenters. The third-order valence-electron chi connectivity index (χ3n) is 7.04. The highest BCUT2D eigenvalue weighted by atomic mass is 16.5. The standard InChI is InChI=1S/C27H32N4O5/c1-18-12-19(13-30-11-10-27(2,16-30)17-32)4-9-23(18)35-22-14-31(15-22)26(33)25-29-28-24(36-25)20-5-7-21(34-3)8-6-20/h4-9,12,22,32H,10-11,13-17H2,1-3H3. The number of rotatable bonds is 8. The summed E-state index contributed by atoms with van der Waals surface area (Å²) < 4.78 is 16.9. The van der Waals surface area contributed by atoms with Gasteiger partial charge in [0.05, 0.1) is 20.2 Å². The summed E-state index contributed by atoms with van der Waals surface area (Å²) in [4.78, 5) is 16.8. The number of hydrogen-bond donors (Lipinski definition) is 1. The Labute approximate surface area is 210 Å². The van der Waals surface area contributed by atoms with Gasteiger partial charge in [-0.3, -0.25) is 9.69 Å². The normalized spacial score (nSPS) is 20.4. The lowest BCUT2D eigenvalue weighted by molar-refractivity contribution is 0.0147. The van der Waals surface area contributed by atoms with E-state index in [1.807, 2.05) is 13.0 Å². The van der Waals surface area contributed by atoms with E-state index in [2.05, 4.69) is 34.2 Å². The zero-order chi connectivity index (χ0) is 25.3. The molecule has 2 aliphatic rings. The number of aromatic nitrogens is 2. The Balaban J connectivity index is 1.13. The van der Waals surface area contributed by atoms with Crippen LogP contribution in [0.1, 0.15) is 35.2 Å². The first-order valence-corrected chi connectivity index (χ1v) is 12.2. The number of aryl methyl sites for hydroxylation is 1. The van der Waals surface area contributed by atoms with Crippen LogP contribution in [-0.4, -0.2) is 77.0 Å². The van der Waals surface area contributed by atoms with Gasteiger partial charge in [-0.15, -0.1) is 10.2 Å². The molecule has 1 amide bonds. The molecule has 0 radical (unpaired) electrons. The van der Waals surface area contributed by atoms with Crippen LogP contribution in [0, 0.1) is 12.3 Å². The zero-order valence-corrected chi connectivity index (χ0v) is 20.9. The molecule has 36 heavy (non-hydrogen) atoms. The Bertz CT molecular complexity index is 1220. The van der Waals surface area contributed by atoms with Crippen LogP contribution >= 0.6 is 0 Å². The fraction of sp³-hybridized carbons (Fsp3) is 0.444. The first kappa shape index (κ1) is 24.3. The average molecular weight is 493 g/mol. The lowest BCUT2D eigenvalue weighted by Crippen LogP contribution is -2.56. The number of hydrogen-bond acceptors (Lipinski definition) is 8. The Hall–Kier alpha value is -3.43. The maximum atomic E-state index is 12.7. The fourth-order valence-corrected chi connectivity index (χ4v) is 4.74. The number of ether oxygens (including phenoxy) is 2. The van der Waals surface area contributed by atoms with Crippen LogP contribution in [0.15, 0.2) is 46.9 Å². The predicted molar refractivity (Wildman–Crippen MR) is 133 cm³/mol. The highest BCUT2D eigenvalue weighted by Crippen LogP contribution is 2.31. The number of carbonyl (C=O) groups is 1. The topological polar surface area (TPSA) is 101 Å². The summed E-state index contributed by atoms with van der Waals surface area (Å²) in [7, 11) is 1.60. The van der Waals surface area contributed by atoms with E-state index in [4.69, 9.17) is 13.9 Å². The molecule has 5 rings (SSSR count). The van der Waals surface area contributed by atoms with E-state index in [1.165, 1.54) is 5.56 Å². The van der Waals surface area contributed by atoms with Gasteiger partial charge in [-0.25, -0.2) is 0 Å². The van der Waals surface area contributed by atoms with Gasteiger partial charge in [-0.1, -0.05) is 19.1 Å². The smallest absolute Gasteiger partial charge is 0.311 e. The van der Waals surface area contributed by atoms with E-state index in [-0.39, 0.29) is 29.9 Å². The Morgan fingerprint density at radius 2 is 1.97 bits per heavy atom. The first-order chi connectivity index (χ1) is 17.4. The van der Waals surface area contributed by atoms with E-state index < -0.39 is 0 Å². The molecule has 2 saturated heterocycles. The minimum atomic E-state index is -0.297. The summed E-state index contributed by atoms with van der Waals surface area (Å²) in [6.07, 6.45) is 0.943. The second kappa shape index (κ2) is 9.91. The summed E-state index contributed by atoms with van der Waals surface area (Å²) in [6, 6.07) is 13.5. The second-order valence-electron chi connectivity index (χ2n) is 10.1. The summed E-state index contributed by atoms with van der Waals surface area (Å²) in [5.41, 5.74) is 3.03. The molecule has 0 saturated carbocycles. The van der Waals surface area contributed by atoms with Crippen molar-refractivity contribution < 1.29 is 23.8 Å². The van der Waals surface area contributed by atoms with Gasteiger partial charge in [0.2, 0.25) is 5.89 Å². The number of benzene rings is 2. The van der Waals surface area contributed by atoms with E-state index in [1.54, 1.807) is 36.3 Å². The van der Waals surface area contributed by atoms with Gasteiger partial charge >= 0.3 is 11.8 Å². The molecule has 0 bridgehead atoms. The molecular weight excluding hydrogens is 460 g/mol. The second-order valence-corrected chi connectivity index (χ2v) is 10.1. The molecule has 1 unspecified atom stereocenters. The van der Waals surface area contributed by atoms with Crippen LogP contribution in [0.2, 0.25) is 0 Å². The van der Waals surface area contributed by atoms with Crippen LogP contribution in [-0.2, 0) is 6.54 Å². The lowest BCUT2D eigenvalue weighted by atomic mass is 9.91. The van der Waals surface area contributed by atoms with Crippen molar-refractivity contribution in [2.24, 2.45) is 5.41 Å². The number of carbonyl (C=O) groups excluding carboxylic acids is 1. The van der Waals surface area contributed by atoms with Gasteiger partial charge < -0.3 is 23.9 Å². The van der Waals surface area contributed by atoms with Crippen LogP contribution in [0.4, 0.5) is 0 Å². The van der Waals surface area contributed by atoms with Gasteiger partial charge in [-0.05, 0) is 61.3 Å². The number of likely N-dealkylation sites (tertiary alicyclic amines) is 2. The molecule has 2 aromatic carbocycles. The molecule has 0 spiro atoms. The predicted octanol–water partition coefficient (Wildman–Crippen LogP) is 3.16. The van der Waals surface area contributed by atoms with Crippen molar-refractivity contribution in [3.63, 3.8) is 0 Å². The van der Waals surface area contributed by atoms with Gasteiger partial charge in [0.25, 0.3) is 0 Å². The summed E-state index contributed by atoms with van der Waals surface area (Å²) in [5, 5.41) is 17.5. The fourth-order valence-electron chi connectivity index (χ4n) is 4.74. The van der Waals surface area contributed by atoms with Crippen molar-refractivity contribution in [2.75, 3.05) is 39.9 Å². The maximum absolute atomic E-state index is 12.7. The summed E-state index contributed by atoms with van der Waals surface area (Å²) in [5.74, 6) is 1.52. The largest absolute Gasteiger partial charge is 0.497 e. The van der Waals surface area contributed by atoms with Crippen molar-refractivity contribution in [2.45, 2.75) is 32.9 Å². The van der Waals surface area contributed by atoms with Gasteiger partial charge in [-0.2, -0.15) is 0 Å². The molecule has 3 aromatic rings. The highest BCUT2D eigenvalue weighted by Gasteiger charge is 2.36. The Kier molecular flexibility index (Phi) is 6.68. The quantitative estimate of drug-likeness (QED) is 0.512. The lowest BCUT2D eigenvalue weighted by Gasteiger charge is -2.38. The van der Waals surface area contributed by atoms with E-state index in [9.17, 15) is 9.90 Å². The van der Waals surface area contributed by atoms with E-state index in [0.29, 0.717) is 19.0 Å². The minimum Gasteiger partial charge on any atom is -0.497 e. The molecule has 1 aromatic heterocycles. The molecule has 0 aliphatic carbocycles. The van der Waals surface area contributed by atoms with Crippen LogP contribution in [0.3, 0.4) is 0 Å². The number of amides is 1. The molecule has 1 N–H and O–H groups in total. The van der Waals surface area contributed by atoms with Crippen molar-refractivity contribution in [3.8, 4) is 23.0 Å². The van der Waals surface area contributed by atoms with Crippen LogP contribution < -0.4 is 9.47 Å². The molecule has 9 heteroatoms. The minimum absolute atomic E-state index is 0.00407. The number of nitrogens with zero attached hydrogens (tertiary/aromatic N) is 4. The first-order valence-electron chi connectivity index (χ1n) is 12.2. The SMILES string of the molecule is COc1ccc(-c2nnc(C(=O)N3CC(Oc4ccc(CN5CCC(C)(CO)C5)cc4C)C3)o2)cc1. The monoisotopic (exact) mass is 492 g/mol. The third-order valence-corrected chi connectivity index (χ3v) is 7.04. The van der Waals surface area contributed by atoms with Crippen molar-refractivity contribution in [3.05, 3.63) is 59.5 Å². The van der Waals surface area contributed by atoms with Crippen LogP contribution in [0.25, 0.3) is 11.5 Å². The van der Waals surface area contributed by atoms with Crippen LogP contribution in [0.5, 0.6) is 11.5 Å².